The summed E-state index contributed by atoms with van der Waals surface area (Å²) in [6, 6.07) is 9.99. The lowest BCUT2D eigenvalue weighted by atomic mass is 9.96. The van der Waals surface area contributed by atoms with Crippen LogP contribution in [0.4, 0.5) is 8.78 Å². The van der Waals surface area contributed by atoms with Gasteiger partial charge in [0.05, 0.1) is 13.2 Å². The molecular weight excluding hydrogens is 910 g/mol. The Morgan fingerprint density at radius 2 is 1.52 bits per heavy atom. The molecule has 1 saturated carbocycles. The number of hydrogen-bond donors (Lipinski definition) is 2. The first kappa shape index (κ1) is 50.0. The van der Waals surface area contributed by atoms with Crippen molar-refractivity contribution in [2.45, 2.75) is 134 Å². The van der Waals surface area contributed by atoms with E-state index in [1.165, 1.54) is 12.1 Å². The first-order valence-electron chi connectivity index (χ1n) is 23.2. The number of carbonyl (C=O) groups excluding carboxylic acids is 5. The van der Waals surface area contributed by atoms with Gasteiger partial charge in [0.1, 0.15) is 12.1 Å². The molecule has 3 saturated heterocycles. The smallest absolute Gasteiger partial charge is 0.340 e. The Bertz CT molecular complexity index is 2380. The Balaban J connectivity index is 1.06. The maximum atomic E-state index is 16.6. The number of carbonyl (C=O) groups is 5. The van der Waals surface area contributed by atoms with Crippen molar-refractivity contribution in [3.05, 3.63) is 81.8 Å². The lowest BCUT2D eigenvalue weighted by Crippen LogP contribution is -2.57. The lowest BCUT2D eigenvalue weighted by molar-refractivity contribution is -0.148. The van der Waals surface area contributed by atoms with Crippen LogP contribution in [0.15, 0.2) is 59.5 Å². The Morgan fingerprint density at radius 1 is 0.864 bits per heavy atom. The number of nitrogens with zero attached hydrogens (tertiary/aromatic N) is 2. The number of aromatic amines is 1. The van der Waals surface area contributed by atoms with Gasteiger partial charge >= 0.3 is 13.3 Å². The second-order valence-corrected chi connectivity index (χ2v) is 23.4. The fraction of sp³-hybridized carbons (Fsp3) is 0.583. The average molecular weight is 971 g/mol. The molecular formula is C48H61F2N4O9PS2. The van der Waals surface area contributed by atoms with Gasteiger partial charge in [-0.05, 0) is 97.4 Å². The van der Waals surface area contributed by atoms with Crippen molar-refractivity contribution in [1.29, 1.82) is 0 Å². The normalized spacial score (nSPS) is 21.9. The molecule has 3 aliphatic heterocycles. The molecule has 2 N–H and O–H groups in total. The van der Waals surface area contributed by atoms with Crippen LogP contribution in [0.1, 0.15) is 126 Å². The Morgan fingerprint density at radius 3 is 2.15 bits per heavy atom. The van der Waals surface area contributed by atoms with E-state index < -0.39 is 50.0 Å². The van der Waals surface area contributed by atoms with Crippen LogP contribution in [0.2, 0.25) is 0 Å². The number of thioether (sulfide) groups is 2. The van der Waals surface area contributed by atoms with E-state index in [0.717, 1.165) is 73.3 Å². The molecule has 1 aliphatic carbocycles. The van der Waals surface area contributed by atoms with Crippen LogP contribution in [0, 0.1) is 11.8 Å². The van der Waals surface area contributed by atoms with Gasteiger partial charge in [0.2, 0.25) is 17.4 Å². The Labute approximate surface area is 393 Å². The van der Waals surface area contributed by atoms with E-state index >= 15 is 8.78 Å². The van der Waals surface area contributed by atoms with Gasteiger partial charge in [0.25, 0.3) is 5.91 Å². The number of aromatic nitrogens is 1. The molecule has 18 heteroatoms. The molecule has 1 unspecified atom stereocenters. The predicted octanol–water partition coefficient (Wildman–Crippen LogP) is 9.00. The number of H-pyrrole nitrogens is 1. The third-order valence-corrected chi connectivity index (χ3v) is 16.8. The van der Waals surface area contributed by atoms with E-state index in [9.17, 15) is 33.3 Å². The highest BCUT2D eigenvalue weighted by molar-refractivity contribution is 8.13. The van der Waals surface area contributed by atoms with Crippen molar-refractivity contribution in [1.82, 2.24) is 20.1 Å². The van der Waals surface area contributed by atoms with Crippen LogP contribution in [0.3, 0.4) is 0 Å². The fourth-order valence-corrected chi connectivity index (χ4v) is 13.1. The summed E-state index contributed by atoms with van der Waals surface area (Å²) >= 11 is 1.80. The number of halogens is 2. The van der Waals surface area contributed by atoms with Crippen LogP contribution in [0.5, 0.6) is 0 Å². The minimum atomic E-state index is -5.26. The molecule has 1 spiro atoms. The van der Waals surface area contributed by atoms with E-state index in [1.54, 1.807) is 29.3 Å². The number of amides is 3. The van der Waals surface area contributed by atoms with E-state index in [-0.39, 0.29) is 92.2 Å². The Kier molecular flexibility index (Phi) is 16.0. The van der Waals surface area contributed by atoms with Gasteiger partial charge in [-0.15, -0.1) is 0 Å². The van der Waals surface area contributed by atoms with Crippen LogP contribution < -0.4 is 10.9 Å². The zero-order chi connectivity index (χ0) is 47.4. The van der Waals surface area contributed by atoms with Crippen molar-refractivity contribution in [3.8, 4) is 0 Å². The topological polar surface area (TPSA) is 172 Å². The van der Waals surface area contributed by atoms with E-state index in [2.05, 4.69) is 10.3 Å². The molecule has 1 aromatic heterocycles. The molecule has 13 nitrogen and oxygen atoms in total. The minimum Gasteiger partial charge on any atom is -0.340 e. The fourth-order valence-electron chi connectivity index (χ4n) is 9.60. The number of alkyl halides is 2. The Hall–Kier alpha value is -3.89. The second kappa shape index (κ2) is 21.2. The molecule has 3 aromatic rings. The molecule has 0 radical (unpaired) electrons. The number of rotatable bonds is 18. The van der Waals surface area contributed by atoms with Crippen LogP contribution >= 0.6 is 31.1 Å². The average Bonchev–Trinajstić information content (AvgIpc) is 3.76. The zero-order valence-electron chi connectivity index (χ0n) is 38.1. The van der Waals surface area contributed by atoms with Crippen molar-refractivity contribution in [2.24, 2.45) is 11.8 Å². The maximum absolute atomic E-state index is 16.6. The van der Waals surface area contributed by atoms with Gasteiger partial charge in [-0.2, -0.15) is 8.78 Å². The third kappa shape index (κ3) is 11.5. The highest BCUT2D eigenvalue weighted by atomic mass is 32.2. The second-order valence-electron chi connectivity index (χ2n) is 19.0. The van der Waals surface area contributed by atoms with E-state index in [1.807, 2.05) is 38.7 Å². The van der Waals surface area contributed by atoms with Gasteiger partial charge in [0.15, 0.2) is 10.2 Å². The number of hydrogen-bond acceptors (Lipinski definition) is 11. The summed E-state index contributed by atoms with van der Waals surface area (Å²) in [7, 11) is -5.26. The van der Waals surface area contributed by atoms with E-state index in [4.69, 9.17) is 9.05 Å². The summed E-state index contributed by atoms with van der Waals surface area (Å²) in [5.41, 5.74) is -4.30. The predicted molar refractivity (Wildman–Crippen MR) is 253 cm³/mol. The van der Waals surface area contributed by atoms with Gasteiger partial charge in [0, 0.05) is 71.8 Å². The number of fused-ring (bicyclic) bond motifs is 2. The van der Waals surface area contributed by atoms with Gasteiger partial charge in [-0.3, -0.25) is 33.3 Å². The van der Waals surface area contributed by atoms with Gasteiger partial charge in [-0.1, -0.05) is 82.3 Å². The molecule has 4 aliphatic rings. The molecule has 7 rings (SSSR count). The van der Waals surface area contributed by atoms with Crippen molar-refractivity contribution < 1.29 is 46.4 Å². The van der Waals surface area contributed by atoms with Crippen LogP contribution in [-0.2, 0) is 38.5 Å². The number of pyridine rings is 1. The van der Waals surface area contributed by atoms with Crippen LogP contribution in [0.25, 0.3) is 10.8 Å². The van der Waals surface area contributed by atoms with Crippen LogP contribution in [-0.4, -0.2) is 97.7 Å². The summed E-state index contributed by atoms with van der Waals surface area (Å²) in [6.45, 7) is 7.09. The van der Waals surface area contributed by atoms with Crippen molar-refractivity contribution in [3.63, 3.8) is 0 Å². The minimum absolute atomic E-state index is 0.0180. The number of likely N-dealkylation sites (tertiary alicyclic amines) is 1. The first-order valence-corrected chi connectivity index (χ1v) is 26.7. The maximum Gasteiger partial charge on any atom is 0.404 e. The van der Waals surface area contributed by atoms with Gasteiger partial charge in [-0.25, -0.2) is 0 Å². The monoisotopic (exact) mass is 970 g/mol. The molecule has 4 atom stereocenters. The molecule has 66 heavy (non-hydrogen) atoms. The molecule has 4 fully saturated rings. The number of benzene rings is 2. The molecule has 2 aromatic carbocycles. The summed E-state index contributed by atoms with van der Waals surface area (Å²) in [5, 5.41) is 3.37. The first-order chi connectivity index (χ1) is 31.4. The third-order valence-electron chi connectivity index (χ3n) is 13.1. The molecule has 358 valence electrons. The van der Waals surface area contributed by atoms with E-state index in [0.29, 0.717) is 37.6 Å². The highest BCUT2D eigenvalue weighted by Gasteiger charge is 2.59. The van der Waals surface area contributed by atoms with Crippen molar-refractivity contribution in [2.75, 3.05) is 31.3 Å². The molecule has 4 heterocycles. The standard InChI is InChI=1S/C48H61F2N4O9PS2/c1-30(2)23-42(56)65-21-19-62-64(61,63-20-22-66-43(57)24-31(3)4)48(49,50)37-12-11-32-9-10-34(25-35(32)26-37)44(58)52-39-8-6-5-7-38-13-14-40(54(38)45(39)59)46(60)53-29-36(28-47(53)16-17-47)33-15-18-51-41(55)27-33/h9-12,15,18,25-27,30-31,36,38-40H,5-8,13-14,16-17,19-24,28-29H2,1-4H3,(H,51,55)(H,52,58)/t36?,38-,39-,40-/m0/s1. The highest BCUT2D eigenvalue weighted by Crippen LogP contribution is 2.67. The quantitative estimate of drug-likeness (QED) is 0.0921. The number of nitrogens with one attached hydrogen (secondary N) is 2. The largest absolute Gasteiger partial charge is 0.404 e. The summed E-state index contributed by atoms with van der Waals surface area (Å²) < 4.78 is 58.0. The zero-order valence-corrected chi connectivity index (χ0v) is 40.6. The SMILES string of the molecule is CC(C)CC(=O)SCCOP(=O)(OCCSC(=O)CC(C)C)C(F)(F)c1ccc2ccc(C(=O)N[C@H]3CCCC[C@H]4CC[C@@H](C(=O)N5CC(c6cc[nH]c(=O)c6)CC56CC6)N4C3=O)cc2c1. The molecule has 3 amide bonds. The van der Waals surface area contributed by atoms with Crippen molar-refractivity contribution >= 4 is 69.8 Å². The summed E-state index contributed by atoms with van der Waals surface area (Å²) in [4.78, 5) is 85.9. The molecule has 0 bridgehead atoms. The summed E-state index contributed by atoms with van der Waals surface area (Å²) in [6.07, 6.45) is 8.52. The lowest BCUT2D eigenvalue weighted by Gasteiger charge is -2.37. The summed E-state index contributed by atoms with van der Waals surface area (Å²) in [5.74, 6) is -0.814. The van der Waals surface area contributed by atoms with Gasteiger partial charge < -0.3 is 29.1 Å².